The van der Waals surface area contributed by atoms with Crippen LogP contribution in [0.15, 0.2) is 24.3 Å². The van der Waals surface area contributed by atoms with Crippen molar-refractivity contribution in [3.8, 4) is 5.75 Å². The molecule has 0 bridgehead atoms. The summed E-state index contributed by atoms with van der Waals surface area (Å²) in [7, 11) is 1.67. The highest BCUT2D eigenvalue weighted by molar-refractivity contribution is 5.92. The van der Waals surface area contributed by atoms with Crippen LogP contribution in [0, 0.1) is 6.92 Å². The fourth-order valence-electron chi connectivity index (χ4n) is 1.87. The van der Waals surface area contributed by atoms with Crippen LogP contribution in [-0.4, -0.2) is 18.6 Å². The molecule has 3 heteroatoms. The molecule has 2 rings (SSSR count). The van der Waals surface area contributed by atoms with Crippen molar-refractivity contribution >= 4 is 16.6 Å². The summed E-state index contributed by atoms with van der Waals surface area (Å²) in [6, 6.07) is 8.08. The van der Waals surface area contributed by atoms with E-state index >= 15 is 0 Å². The zero-order chi connectivity index (χ0) is 12.3. The van der Waals surface area contributed by atoms with Gasteiger partial charge in [-0.2, -0.15) is 0 Å². The highest BCUT2D eigenvalue weighted by Crippen LogP contribution is 2.26. The van der Waals surface area contributed by atoms with Crippen LogP contribution < -0.4 is 10.1 Å². The molecule has 17 heavy (non-hydrogen) atoms. The lowest BCUT2D eigenvalue weighted by atomic mass is 10.1. The Kier molecular flexibility index (Phi) is 3.47. The van der Waals surface area contributed by atoms with Crippen LogP contribution in [0.2, 0.25) is 0 Å². The summed E-state index contributed by atoms with van der Waals surface area (Å²) >= 11 is 0. The maximum atomic E-state index is 5.22. The van der Waals surface area contributed by atoms with E-state index in [4.69, 9.17) is 4.74 Å². The molecule has 0 fully saturated rings. The predicted molar refractivity (Wildman–Crippen MR) is 71.8 cm³/mol. The van der Waals surface area contributed by atoms with Gasteiger partial charge in [-0.3, -0.25) is 4.98 Å². The van der Waals surface area contributed by atoms with Crippen LogP contribution in [0.1, 0.15) is 19.0 Å². The number of anilines is 1. The van der Waals surface area contributed by atoms with Crippen molar-refractivity contribution in [1.82, 2.24) is 4.98 Å². The molecule has 0 atom stereocenters. The van der Waals surface area contributed by atoms with E-state index in [1.54, 1.807) is 7.11 Å². The zero-order valence-corrected chi connectivity index (χ0v) is 10.6. The maximum absolute atomic E-state index is 5.22. The Morgan fingerprint density at radius 2 is 2.12 bits per heavy atom. The molecular weight excluding hydrogens is 212 g/mol. The third kappa shape index (κ3) is 2.49. The van der Waals surface area contributed by atoms with Gasteiger partial charge in [-0.25, -0.2) is 0 Å². The van der Waals surface area contributed by atoms with E-state index in [1.165, 1.54) is 0 Å². The molecule has 0 spiro atoms. The molecular formula is C14H18N2O. The van der Waals surface area contributed by atoms with Gasteiger partial charge in [0.05, 0.1) is 12.6 Å². The van der Waals surface area contributed by atoms with Crippen molar-refractivity contribution in [2.24, 2.45) is 0 Å². The Bertz CT molecular complexity index is 523. The van der Waals surface area contributed by atoms with E-state index < -0.39 is 0 Å². The summed E-state index contributed by atoms with van der Waals surface area (Å²) in [6.07, 6.45) is 1.11. The molecule has 1 aromatic carbocycles. The molecule has 0 unspecified atom stereocenters. The van der Waals surface area contributed by atoms with Crippen molar-refractivity contribution < 1.29 is 4.74 Å². The topological polar surface area (TPSA) is 34.2 Å². The van der Waals surface area contributed by atoms with Gasteiger partial charge in [-0.1, -0.05) is 6.92 Å². The number of methoxy groups -OCH3 is 1. The van der Waals surface area contributed by atoms with E-state index in [-0.39, 0.29) is 0 Å². The van der Waals surface area contributed by atoms with Gasteiger partial charge in [0.15, 0.2) is 0 Å². The third-order valence-electron chi connectivity index (χ3n) is 2.71. The number of fused-ring (bicyclic) bond motifs is 1. The van der Waals surface area contributed by atoms with Crippen LogP contribution >= 0.6 is 0 Å². The van der Waals surface area contributed by atoms with Crippen LogP contribution in [-0.2, 0) is 0 Å². The second-order valence-corrected chi connectivity index (χ2v) is 4.12. The Hall–Kier alpha value is -1.77. The summed E-state index contributed by atoms with van der Waals surface area (Å²) in [4.78, 5) is 4.53. The molecule has 0 saturated carbocycles. The highest BCUT2D eigenvalue weighted by Gasteiger charge is 2.04. The van der Waals surface area contributed by atoms with Gasteiger partial charge in [0.1, 0.15) is 5.75 Å². The summed E-state index contributed by atoms with van der Waals surface area (Å²) in [5, 5.41) is 4.58. The Morgan fingerprint density at radius 3 is 2.82 bits per heavy atom. The number of aromatic nitrogens is 1. The number of aryl methyl sites for hydroxylation is 1. The van der Waals surface area contributed by atoms with Gasteiger partial charge in [0.2, 0.25) is 0 Å². The van der Waals surface area contributed by atoms with Crippen LogP contribution in [0.4, 0.5) is 5.69 Å². The molecule has 1 N–H and O–H groups in total. The SMILES string of the molecule is CCCNc1cc(C)nc2cc(OC)ccc12. The standard InChI is InChI=1S/C14H18N2O/c1-4-7-15-13-8-10(2)16-14-9-11(17-3)5-6-12(13)14/h5-6,8-9H,4,7H2,1-3H3,(H,15,16). The molecule has 1 aromatic heterocycles. The maximum Gasteiger partial charge on any atom is 0.121 e. The lowest BCUT2D eigenvalue weighted by Crippen LogP contribution is -2.01. The molecule has 1 heterocycles. The minimum atomic E-state index is 0.844. The summed E-state index contributed by atoms with van der Waals surface area (Å²) in [5.41, 5.74) is 3.14. The first-order chi connectivity index (χ1) is 8.24. The van der Waals surface area contributed by atoms with E-state index in [0.29, 0.717) is 0 Å². The Morgan fingerprint density at radius 1 is 1.29 bits per heavy atom. The number of pyridine rings is 1. The first kappa shape index (κ1) is 11.7. The molecule has 0 amide bonds. The second kappa shape index (κ2) is 5.04. The molecule has 0 saturated heterocycles. The molecule has 0 aliphatic heterocycles. The van der Waals surface area contributed by atoms with Gasteiger partial charge in [0.25, 0.3) is 0 Å². The second-order valence-electron chi connectivity index (χ2n) is 4.12. The quantitative estimate of drug-likeness (QED) is 0.874. The fourth-order valence-corrected chi connectivity index (χ4v) is 1.87. The van der Waals surface area contributed by atoms with E-state index in [2.05, 4.69) is 29.4 Å². The summed E-state index contributed by atoms with van der Waals surface area (Å²) in [6.45, 7) is 5.15. The number of nitrogens with zero attached hydrogens (tertiary/aromatic N) is 1. The number of benzene rings is 1. The fraction of sp³-hybridized carbons (Fsp3) is 0.357. The first-order valence-corrected chi connectivity index (χ1v) is 5.94. The van der Waals surface area contributed by atoms with Gasteiger partial charge in [-0.05, 0) is 31.5 Å². The average Bonchev–Trinajstić information content (AvgIpc) is 2.34. The highest BCUT2D eigenvalue weighted by atomic mass is 16.5. The first-order valence-electron chi connectivity index (χ1n) is 5.94. The lowest BCUT2D eigenvalue weighted by molar-refractivity contribution is 0.415. The molecule has 90 valence electrons. The van der Waals surface area contributed by atoms with Crippen molar-refractivity contribution in [2.45, 2.75) is 20.3 Å². The third-order valence-corrected chi connectivity index (χ3v) is 2.71. The van der Waals surface area contributed by atoms with Gasteiger partial charge >= 0.3 is 0 Å². The van der Waals surface area contributed by atoms with Crippen molar-refractivity contribution in [3.05, 3.63) is 30.0 Å². The molecule has 0 aliphatic carbocycles. The number of hydrogen-bond acceptors (Lipinski definition) is 3. The van der Waals surface area contributed by atoms with E-state index in [1.807, 2.05) is 19.1 Å². The van der Waals surface area contributed by atoms with Crippen molar-refractivity contribution in [3.63, 3.8) is 0 Å². The van der Waals surface area contributed by atoms with Crippen LogP contribution in [0.25, 0.3) is 10.9 Å². The van der Waals surface area contributed by atoms with Crippen molar-refractivity contribution in [1.29, 1.82) is 0 Å². The van der Waals surface area contributed by atoms with Crippen molar-refractivity contribution in [2.75, 3.05) is 19.0 Å². The monoisotopic (exact) mass is 230 g/mol. The number of rotatable bonds is 4. The molecule has 0 aliphatic rings. The van der Waals surface area contributed by atoms with Crippen LogP contribution in [0.5, 0.6) is 5.75 Å². The van der Waals surface area contributed by atoms with Gasteiger partial charge in [-0.15, -0.1) is 0 Å². The average molecular weight is 230 g/mol. The van der Waals surface area contributed by atoms with Crippen LogP contribution in [0.3, 0.4) is 0 Å². The number of nitrogens with one attached hydrogen (secondary N) is 1. The van der Waals surface area contributed by atoms with Gasteiger partial charge < -0.3 is 10.1 Å². The largest absolute Gasteiger partial charge is 0.497 e. The Balaban J connectivity index is 2.51. The zero-order valence-electron chi connectivity index (χ0n) is 10.6. The van der Waals surface area contributed by atoms with Gasteiger partial charge in [0, 0.05) is 29.4 Å². The molecule has 0 radical (unpaired) electrons. The number of hydrogen-bond donors (Lipinski definition) is 1. The lowest BCUT2D eigenvalue weighted by Gasteiger charge is -2.10. The smallest absolute Gasteiger partial charge is 0.121 e. The van der Waals surface area contributed by atoms with E-state index in [9.17, 15) is 0 Å². The predicted octanol–water partition coefficient (Wildman–Crippen LogP) is 3.37. The minimum Gasteiger partial charge on any atom is -0.497 e. The summed E-state index contributed by atoms with van der Waals surface area (Å²) in [5.74, 6) is 0.844. The molecule has 2 aromatic rings. The number of ether oxygens (including phenoxy) is 1. The Labute approximate surface area is 102 Å². The molecule has 3 nitrogen and oxygen atoms in total. The normalized spacial score (nSPS) is 10.5. The minimum absolute atomic E-state index is 0.844. The van der Waals surface area contributed by atoms with E-state index in [0.717, 1.165) is 41.0 Å². The summed E-state index contributed by atoms with van der Waals surface area (Å²) < 4.78 is 5.22.